The number of hydrogen-bond acceptors (Lipinski definition) is 6. The highest BCUT2D eigenvalue weighted by Gasteiger charge is 2.31. The van der Waals surface area contributed by atoms with E-state index in [9.17, 15) is 4.79 Å². The Morgan fingerprint density at radius 1 is 1.52 bits per heavy atom. The highest BCUT2D eigenvalue weighted by atomic mass is 32.1. The van der Waals surface area contributed by atoms with Gasteiger partial charge in [0.2, 0.25) is 0 Å². The Labute approximate surface area is 126 Å². The van der Waals surface area contributed by atoms with Crippen molar-refractivity contribution in [3.63, 3.8) is 0 Å². The molecule has 0 atom stereocenters. The van der Waals surface area contributed by atoms with E-state index in [0.29, 0.717) is 29.6 Å². The summed E-state index contributed by atoms with van der Waals surface area (Å²) >= 11 is 1.40. The molecule has 0 radical (unpaired) electrons. The Morgan fingerprint density at radius 3 is 3.00 bits per heavy atom. The van der Waals surface area contributed by atoms with Crippen molar-refractivity contribution in [2.75, 3.05) is 13.2 Å². The largest absolute Gasteiger partial charge is 0.396 e. The smallest absolute Gasteiger partial charge is 0.266 e. The van der Waals surface area contributed by atoms with Gasteiger partial charge in [-0.2, -0.15) is 4.68 Å². The molecular formula is C13H17N5O2S. The number of carbonyl (C=O) groups is 1. The van der Waals surface area contributed by atoms with Crippen LogP contribution in [-0.4, -0.2) is 55.3 Å². The standard InChI is InChI=1S/C13H17N5O2S/c19-7-2-6-17(10-3-1-4-10)13(20)12-11(5-8-21-12)18-9-14-15-16-18/h5,8-10,19H,1-4,6-7H2. The Kier molecular flexibility index (Phi) is 4.26. The van der Waals surface area contributed by atoms with Gasteiger partial charge in [-0.05, 0) is 47.6 Å². The minimum absolute atomic E-state index is 0.00801. The molecule has 1 fully saturated rings. The van der Waals surface area contributed by atoms with Crippen LogP contribution in [0.1, 0.15) is 35.4 Å². The second-order valence-corrected chi connectivity index (χ2v) is 5.97. The van der Waals surface area contributed by atoms with Gasteiger partial charge in [-0.25, -0.2) is 0 Å². The van der Waals surface area contributed by atoms with E-state index in [1.165, 1.54) is 22.3 Å². The molecule has 1 N–H and O–H groups in total. The molecule has 0 spiro atoms. The van der Waals surface area contributed by atoms with Crippen molar-refractivity contribution in [2.45, 2.75) is 31.7 Å². The molecule has 0 saturated heterocycles. The van der Waals surface area contributed by atoms with Gasteiger partial charge in [0.15, 0.2) is 0 Å². The average molecular weight is 307 g/mol. The lowest BCUT2D eigenvalue weighted by molar-refractivity contribution is 0.0567. The number of tetrazole rings is 1. The van der Waals surface area contributed by atoms with E-state index in [1.807, 2.05) is 16.3 Å². The molecule has 1 amide bonds. The number of carbonyl (C=O) groups excluding carboxylic acids is 1. The lowest BCUT2D eigenvalue weighted by atomic mass is 9.91. The summed E-state index contributed by atoms with van der Waals surface area (Å²) in [5.41, 5.74) is 0.711. The van der Waals surface area contributed by atoms with Crippen molar-refractivity contribution in [2.24, 2.45) is 0 Å². The van der Waals surface area contributed by atoms with Crippen molar-refractivity contribution in [3.8, 4) is 5.69 Å². The zero-order valence-corrected chi connectivity index (χ0v) is 12.4. The lowest BCUT2D eigenvalue weighted by Crippen LogP contribution is -2.45. The van der Waals surface area contributed by atoms with Gasteiger partial charge in [0.25, 0.3) is 5.91 Å². The summed E-state index contributed by atoms with van der Waals surface area (Å²) in [6.45, 7) is 0.688. The molecule has 0 unspecified atom stereocenters. The first-order chi connectivity index (χ1) is 10.3. The number of nitrogens with zero attached hydrogens (tertiary/aromatic N) is 5. The third kappa shape index (κ3) is 2.81. The van der Waals surface area contributed by atoms with E-state index in [1.54, 1.807) is 0 Å². The maximum atomic E-state index is 12.8. The third-order valence-electron chi connectivity index (χ3n) is 3.77. The molecule has 2 aromatic heterocycles. The van der Waals surface area contributed by atoms with Crippen LogP contribution >= 0.6 is 11.3 Å². The van der Waals surface area contributed by atoms with Crippen LogP contribution in [0.3, 0.4) is 0 Å². The number of aromatic nitrogens is 4. The summed E-state index contributed by atoms with van der Waals surface area (Å²) in [5, 5.41) is 22.0. The zero-order chi connectivity index (χ0) is 14.7. The van der Waals surface area contributed by atoms with Crippen molar-refractivity contribution >= 4 is 17.2 Å². The van der Waals surface area contributed by atoms with Crippen LogP contribution in [0.5, 0.6) is 0 Å². The molecule has 3 rings (SSSR count). The van der Waals surface area contributed by atoms with Crippen molar-refractivity contribution in [3.05, 3.63) is 22.7 Å². The minimum Gasteiger partial charge on any atom is -0.396 e. The van der Waals surface area contributed by atoms with Crippen molar-refractivity contribution in [1.82, 2.24) is 25.1 Å². The molecular weight excluding hydrogens is 290 g/mol. The summed E-state index contributed by atoms with van der Waals surface area (Å²) < 4.78 is 1.51. The molecule has 112 valence electrons. The van der Waals surface area contributed by atoms with E-state index < -0.39 is 0 Å². The van der Waals surface area contributed by atoms with Gasteiger partial charge in [0.1, 0.15) is 11.2 Å². The van der Waals surface area contributed by atoms with E-state index >= 15 is 0 Å². The first kappa shape index (κ1) is 14.2. The van der Waals surface area contributed by atoms with Gasteiger partial charge in [0, 0.05) is 19.2 Å². The van der Waals surface area contributed by atoms with Crippen LogP contribution in [0.2, 0.25) is 0 Å². The van der Waals surface area contributed by atoms with Crippen LogP contribution in [0.25, 0.3) is 5.69 Å². The van der Waals surface area contributed by atoms with Gasteiger partial charge in [0.05, 0.1) is 5.69 Å². The van der Waals surface area contributed by atoms with E-state index in [4.69, 9.17) is 5.11 Å². The third-order valence-corrected chi connectivity index (χ3v) is 4.66. The van der Waals surface area contributed by atoms with Crippen molar-refractivity contribution < 1.29 is 9.90 Å². The summed E-state index contributed by atoms with van der Waals surface area (Å²) in [5.74, 6) is 0.00801. The van der Waals surface area contributed by atoms with Crippen LogP contribution in [0.15, 0.2) is 17.8 Å². The number of thiophene rings is 1. The lowest BCUT2D eigenvalue weighted by Gasteiger charge is -2.37. The topological polar surface area (TPSA) is 84.1 Å². The zero-order valence-electron chi connectivity index (χ0n) is 11.6. The predicted octanol–water partition coefficient (Wildman–Crippen LogP) is 1.10. The quantitative estimate of drug-likeness (QED) is 0.864. The first-order valence-electron chi connectivity index (χ1n) is 7.04. The molecule has 2 heterocycles. The van der Waals surface area contributed by atoms with Gasteiger partial charge in [-0.3, -0.25) is 4.79 Å². The van der Waals surface area contributed by atoms with E-state index in [-0.39, 0.29) is 12.5 Å². The minimum atomic E-state index is 0.00801. The molecule has 8 heteroatoms. The molecule has 21 heavy (non-hydrogen) atoms. The molecule has 1 aliphatic rings. The number of rotatable bonds is 6. The molecule has 1 saturated carbocycles. The Balaban J connectivity index is 1.84. The summed E-state index contributed by atoms with van der Waals surface area (Å²) in [6, 6.07) is 2.15. The highest BCUT2D eigenvalue weighted by molar-refractivity contribution is 7.12. The highest BCUT2D eigenvalue weighted by Crippen LogP contribution is 2.29. The fourth-order valence-electron chi connectivity index (χ4n) is 2.43. The normalized spacial score (nSPS) is 14.9. The second kappa shape index (κ2) is 6.31. The molecule has 0 bridgehead atoms. The molecule has 2 aromatic rings. The Bertz CT molecular complexity index is 593. The van der Waals surface area contributed by atoms with Crippen LogP contribution in [0, 0.1) is 0 Å². The first-order valence-corrected chi connectivity index (χ1v) is 7.92. The summed E-state index contributed by atoms with van der Waals surface area (Å²) in [4.78, 5) is 15.4. The van der Waals surface area contributed by atoms with E-state index in [2.05, 4.69) is 15.5 Å². The number of hydrogen-bond donors (Lipinski definition) is 1. The van der Waals surface area contributed by atoms with Crippen molar-refractivity contribution in [1.29, 1.82) is 0 Å². The summed E-state index contributed by atoms with van der Waals surface area (Å²) in [7, 11) is 0. The van der Waals surface area contributed by atoms with Gasteiger partial charge >= 0.3 is 0 Å². The van der Waals surface area contributed by atoms with Gasteiger partial charge in [-0.1, -0.05) is 0 Å². The number of aliphatic hydroxyl groups excluding tert-OH is 1. The molecule has 7 nitrogen and oxygen atoms in total. The van der Waals surface area contributed by atoms with Crippen LogP contribution < -0.4 is 0 Å². The molecule has 0 aliphatic heterocycles. The Hall–Kier alpha value is -1.80. The fourth-order valence-corrected chi connectivity index (χ4v) is 3.27. The Morgan fingerprint density at radius 2 is 2.38 bits per heavy atom. The monoisotopic (exact) mass is 307 g/mol. The number of amides is 1. The maximum absolute atomic E-state index is 12.8. The average Bonchev–Trinajstić information content (AvgIpc) is 3.09. The van der Waals surface area contributed by atoms with Gasteiger partial charge < -0.3 is 10.0 Å². The van der Waals surface area contributed by atoms with Crippen LogP contribution in [-0.2, 0) is 0 Å². The van der Waals surface area contributed by atoms with Crippen LogP contribution in [0.4, 0.5) is 0 Å². The van der Waals surface area contributed by atoms with Gasteiger partial charge in [-0.15, -0.1) is 16.4 Å². The van der Waals surface area contributed by atoms with E-state index in [0.717, 1.165) is 19.3 Å². The fraction of sp³-hybridized carbons (Fsp3) is 0.538. The maximum Gasteiger partial charge on any atom is 0.266 e. The predicted molar refractivity (Wildman–Crippen MR) is 77.4 cm³/mol. The summed E-state index contributed by atoms with van der Waals surface area (Å²) in [6.07, 6.45) is 5.34. The number of aliphatic hydroxyl groups is 1. The molecule has 0 aromatic carbocycles. The SMILES string of the molecule is O=C(c1sccc1-n1cnnn1)N(CCCO)C1CCC1. The molecule has 1 aliphatic carbocycles. The second-order valence-electron chi connectivity index (χ2n) is 5.05.